The number of nitrogens with zero attached hydrogens (tertiary/aromatic N) is 6. The first-order valence-electron chi connectivity index (χ1n) is 23.2. The molecule has 5 aromatic carbocycles. The molecule has 22 heteroatoms. The van der Waals surface area contributed by atoms with Crippen LogP contribution in [0.5, 0.6) is 11.5 Å². The van der Waals surface area contributed by atoms with Crippen LogP contribution in [0.15, 0.2) is 149 Å². The van der Waals surface area contributed by atoms with Crippen molar-refractivity contribution in [3.8, 4) is 11.5 Å². The zero-order valence-electron chi connectivity index (χ0n) is 41.0. The number of halogens is 1. The summed E-state index contributed by atoms with van der Waals surface area (Å²) in [4.78, 5) is 75.8. The van der Waals surface area contributed by atoms with Gasteiger partial charge in [0.05, 0.1) is 22.3 Å². The van der Waals surface area contributed by atoms with Gasteiger partial charge in [0.1, 0.15) is 28.9 Å². The average Bonchev–Trinajstić information content (AvgIpc) is 4.11. The first kappa shape index (κ1) is 61.6. The Kier molecular flexibility index (Phi) is 24.2. The van der Waals surface area contributed by atoms with Gasteiger partial charge in [0.25, 0.3) is 11.4 Å². The van der Waals surface area contributed by atoms with Crippen molar-refractivity contribution in [3.05, 3.63) is 200 Å². The summed E-state index contributed by atoms with van der Waals surface area (Å²) in [5, 5.41) is 34.6. The smallest absolute Gasteiger partial charge is 0.413 e. The lowest BCUT2D eigenvalue weighted by atomic mass is 9.77. The molecule has 0 spiro atoms. The highest BCUT2D eigenvalue weighted by Crippen LogP contribution is 2.37. The van der Waals surface area contributed by atoms with Crippen molar-refractivity contribution in [3.63, 3.8) is 0 Å². The SMILES string of the molecule is C.C.CC[C@H](C)c1noc([C@@H](N)CC(=O)NC(c2ccccc2)(c2ccccc2)c2ccccc2)n1.CC[C@H](C)c1noc([C@H](CC(C)=O)NC(=O)Oc2ccc([N+](=O)[O-])cc2)n1.O=C(Cl)Oc1ccc([N+](=O)[O-])cc1. The number of nitrogens with two attached hydrogens (primary N) is 1. The topological polar surface area (TPSA) is 301 Å². The number of rotatable bonds is 19. The number of nitro groups is 2. The molecule has 7 rings (SSSR count). The molecule has 21 nitrogen and oxygen atoms in total. The summed E-state index contributed by atoms with van der Waals surface area (Å²) in [6.45, 7) is 9.38. The lowest BCUT2D eigenvalue weighted by molar-refractivity contribution is -0.385. The predicted octanol–water partition coefficient (Wildman–Crippen LogP) is 12.0. The molecule has 0 aliphatic heterocycles. The number of benzene rings is 5. The summed E-state index contributed by atoms with van der Waals surface area (Å²) >= 11 is 4.92. The van der Waals surface area contributed by atoms with Gasteiger partial charge in [-0.05, 0) is 60.7 Å². The summed E-state index contributed by atoms with van der Waals surface area (Å²) in [5.74, 6) is 1.62. The number of nitrogens with one attached hydrogen (secondary N) is 2. The fourth-order valence-corrected chi connectivity index (χ4v) is 7.10. The number of carbonyl (C=O) groups excluding carboxylic acids is 4. The first-order chi connectivity index (χ1) is 35.4. The molecule has 0 radical (unpaired) electrons. The number of aromatic nitrogens is 4. The molecular weight excluding hydrogens is 1000 g/mol. The van der Waals surface area contributed by atoms with Crippen molar-refractivity contribution in [2.45, 2.75) is 105 Å². The number of carbonyl (C=O) groups is 4. The van der Waals surface area contributed by atoms with Gasteiger partial charge < -0.3 is 34.9 Å². The summed E-state index contributed by atoms with van der Waals surface area (Å²) in [6.07, 6.45) is 0.820. The first-order valence-corrected chi connectivity index (χ1v) is 23.6. The molecule has 0 saturated carbocycles. The summed E-state index contributed by atoms with van der Waals surface area (Å²) in [7, 11) is 0. The fourth-order valence-electron chi connectivity index (χ4n) is 7.01. The number of nitro benzene ring substituents is 2. The van der Waals surface area contributed by atoms with Crippen LogP contribution in [0.2, 0.25) is 0 Å². The van der Waals surface area contributed by atoms with Crippen molar-refractivity contribution < 1.29 is 47.5 Å². The maximum atomic E-state index is 13.5. The van der Waals surface area contributed by atoms with E-state index in [1.54, 1.807) is 0 Å². The lowest BCUT2D eigenvalue weighted by Gasteiger charge is -2.37. The number of Topliss-reactive ketones (excluding diaryl/α,β-unsaturated/α-hetero) is 1. The molecule has 0 aliphatic rings. The molecule has 76 heavy (non-hydrogen) atoms. The van der Waals surface area contributed by atoms with Gasteiger partial charge in [-0.25, -0.2) is 9.59 Å². The highest BCUT2D eigenvalue weighted by atomic mass is 35.5. The normalized spacial score (nSPS) is 12.1. The van der Waals surface area contributed by atoms with E-state index in [1.165, 1.54) is 55.5 Å². The van der Waals surface area contributed by atoms with Crippen LogP contribution in [0.25, 0.3) is 0 Å². The standard InChI is InChI=1S/C28H30N4O2.C17H20N4O6.C7H4ClNO4.2CH4/c1-3-20(2)26-30-27(34-32-26)24(29)19-25(33)31-28(21-13-7-4-8-14-21,22-15-9-5-10-16-22)23-17-11-6-12-18-23;1-4-10(2)15-19-16(27-20-15)14(9-11(3)22)18-17(23)26-13-7-5-12(6-8-13)21(24)25;8-7(10)13-6-3-1-5(2-4-6)9(11)12;;/h4-18,20,24H,3,19,29H2,1-2H3,(H,31,33);5-8,10,14H,4,9H2,1-3H3,(H,18,23);1-4H;2*1H4/t20-,24-;10-,14-;;;/m00.../s1. The summed E-state index contributed by atoms with van der Waals surface area (Å²) in [6, 6.07) is 38.4. The van der Waals surface area contributed by atoms with Crippen LogP contribution in [-0.2, 0) is 15.1 Å². The molecule has 7 aromatic rings. The molecule has 0 bridgehead atoms. The highest BCUT2D eigenvalue weighted by molar-refractivity contribution is 6.61. The van der Waals surface area contributed by atoms with E-state index in [4.69, 9.17) is 31.1 Å². The van der Waals surface area contributed by atoms with Gasteiger partial charge in [-0.1, -0.05) is 144 Å². The molecular formula is C54H62ClN9O12. The second-order valence-corrected chi connectivity index (χ2v) is 16.9. The number of non-ortho nitro benzene ring substituents is 2. The minimum Gasteiger partial charge on any atom is -0.414 e. The zero-order valence-corrected chi connectivity index (χ0v) is 41.7. The maximum absolute atomic E-state index is 13.5. The minimum absolute atomic E-state index is 0. The van der Waals surface area contributed by atoms with E-state index >= 15 is 0 Å². The van der Waals surface area contributed by atoms with Gasteiger partial charge >= 0.3 is 11.5 Å². The monoisotopic (exact) mass is 1060 g/mol. The van der Waals surface area contributed by atoms with Crippen LogP contribution >= 0.6 is 11.6 Å². The van der Waals surface area contributed by atoms with Crippen molar-refractivity contribution in [1.29, 1.82) is 0 Å². The number of hydrogen-bond donors (Lipinski definition) is 3. The van der Waals surface area contributed by atoms with Crippen molar-refractivity contribution in [2.75, 3.05) is 0 Å². The van der Waals surface area contributed by atoms with E-state index in [0.29, 0.717) is 11.6 Å². The van der Waals surface area contributed by atoms with Gasteiger partial charge in [-0.15, -0.1) is 0 Å². The number of amides is 2. The van der Waals surface area contributed by atoms with Crippen molar-refractivity contribution in [2.24, 2.45) is 5.73 Å². The van der Waals surface area contributed by atoms with Gasteiger partial charge in [0.2, 0.25) is 17.7 Å². The third-order valence-corrected chi connectivity index (χ3v) is 11.4. The quantitative estimate of drug-likeness (QED) is 0.0293. The molecule has 2 heterocycles. The fraction of sp³-hybridized carbons (Fsp3) is 0.296. The Bertz CT molecular complexity index is 2850. The van der Waals surface area contributed by atoms with E-state index in [-0.39, 0.29) is 85.9 Å². The molecule has 2 amide bonds. The van der Waals surface area contributed by atoms with Crippen molar-refractivity contribution >= 4 is 46.2 Å². The predicted molar refractivity (Wildman–Crippen MR) is 284 cm³/mol. The molecule has 0 unspecified atom stereocenters. The number of hydrogen-bond acceptors (Lipinski definition) is 17. The van der Waals surface area contributed by atoms with E-state index in [2.05, 4.69) is 42.6 Å². The van der Waals surface area contributed by atoms with E-state index in [0.717, 1.165) is 29.5 Å². The van der Waals surface area contributed by atoms with E-state index in [9.17, 15) is 39.4 Å². The maximum Gasteiger partial charge on any atom is 0.413 e. The van der Waals surface area contributed by atoms with Gasteiger partial charge in [-0.2, -0.15) is 9.97 Å². The van der Waals surface area contributed by atoms with Crippen molar-refractivity contribution in [1.82, 2.24) is 30.9 Å². The largest absolute Gasteiger partial charge is 0.414 e. The Hall–Kier alpha value is -8.69. The second-order valence-electron chi connectivity index (χ2n) is 16.6. The third-order valence-electron chi connectivity index (χ3n) is 11.3. The van der Waals surface area contributed by atoms with E-state index < -0.39 is 39.0 Å². The molecule has 0 saturated heterocycles. The summed E-state index contributed by atoms with van der Waals surface area (Å²) in [5.41, 5.74) is 7.11. The third kappa shape index (κ3) is 17.5. The molecule has 0 fully saturated rings. The molecule has 402 valence electrons. The van der Waals surface area contributed by atoms with E-state index in [1.807, 2.05) is 112 Å². The molecule has 0 aliphatic carbocycles. The Morgan fingerprint density at radius 3 is 1.42 bits per heavy atom. The van der Waals surface area contributed by atoms with Gasteiger partial charge in [-0.3, -0.25) is 29.8 Å². The zero-order chi connectivity index (χ0) is 53.8. The van der Waals surface area contributed by atoms with Crippen LogP contribution < -0.4 is 25.8 Å². The van der Waals surface area contributed by atoms with Gasteiger partial charge in [0, 0.05) is 54.1 Å². The lowest BCUT2D eigenvalue weighted by Crippen LogP contribution is -2.48. The minimum atomic E-state index is -0.978. The number of ketones is 1. The van der Waals surface area contributed by atoms with Crippen LogP contribution in [0.3, 0.4) is 0 Å². The van der Waals surface area contributed by atoms with Crippen LogP contribution in [0, 0.1) is 20.2 Å². The molecule has 4 N–H and O–H groups in total. The van der Waals surface area contributed by atoms with Crippen LogP contribution in [0.4, 0.5) is 21.0 Å². The average molecular weight is 1060 g/mol. The highest BCUT2D eigenvalue weighted by Gasteiger charge is 2.38. The van der Waals surface area contributed by atoms with Crippen LogP contribution in [0.1, 0.15) is 139 Å². The summed E-state index contributed by atoms with van der Waals surface area (Å²) < 4.78 is 20.1. The van der Waals surface area contributed by atoms with Gasteiger partial charge in [0.15, 0.2) is 11.6 Å². The number of ether oxygens (including phenoxy) is 2. The Morgan fingerprint density at radius 2 is 1.04 bits per heavy atom. The Morgan fingerprint density at radius 1 is 0.645 bits per heavy atom. The Labute approximate surface area is 444 Å². The van der Waals surface area contributed by atoms with Crippen LogP contribution in [-0.4, -0.2) is 53.3 Å². The second kappa shape index (κ2) is 29.9. The molecule has 4 atom stereocenters. The molecule has 2 aromatic heterocycles. The Balaban J connectivity index is 0.000000323.